The Balaban J connectivity index is 2.10. The van der Waals surface area contributed by atoms with Crippen LogP contribution in [0, 0.1) is 5.41 Å². The number of aliphatic imine (C=N–C) groups is 2. The van der Waals surface area contributed by atoms with Gasteiger partial charge in [0.1, 0.15) is 23.3 Å². The van der Waals surface area contributed by atoms with Crippen LogP contribution < -0.4 is 18.9 Å². The summed E-state index contributed by atoms with van der Waals surface area (Å²) in [7, 11) is 2.29. The zero-order valence-electron chi connectivity index (χ0n) is 21.5. The molecule has 0 aromatic heterocycles. The monoisotopic (exact) mass is 519 g/mol. The van der Waals surface area contributed by atoms with Crippen molar-refractivity contribution in [2.24, 2.45) is 15.4 Å². The van der Waals surface area contributed by atoms with Crippen LogP contribution in [0.15, 0.2) is 51.7 Å². The number of ether oxygens (including phenoxy) is 2. The van der Waals surface area contributed by atoms with Gasteiger partial charge in [-0.1, -0.05) is 26.8 Å². The van der Waals surface area contributed by atoms with Crippen molar-refractivity contribution in [3.8, 4) is 11.5 Å². The third kappa shape index (κ3) is 5.99. The standard InChI is InChI=1S/C24H33N5O6S/c1-24(2,3)20(14-11-15(34-6)13-16(12-14)35-7)26-22-21(27-36(32,33)28-22)25-18-10-8-9-17(19(18)30)23(31)29(4)5/h8-9,11-13,18,20,30H,10H2,1-7H3,(H,25,27)(H,26,28). The van der Waals surface area contributed by atoms with Crippen molar-refractivity contribution in [1.29, 1.82) is 0 Å². The number of hydrogen-bond donors (Lipinski definition) is 3. The summed E-state index contributed by atoms with van der Waals surface area (Å²) in [6, 6.07) is 3.99. The molecule has 0 bridgehead atoms. The first kappa shape index (κ1) is 27.1. The minimum atomic E-state index is -3.96. The van der Waals surface area contributed by atoms with Gasteiger partial charge in [0, 0.05) is 20.2 Å². The number of hydrogen-bond acceptors (Lipinski definition) is 8. The van der Waals surface area contributed by atoms with E-state index >= 15 is 0 Å². The van der Waals surface area contributed by atoms with Gasteiger partial charge in [-0.2, -0.15) is 8.42 Å². The molecule has 196 valence electrons. The molecule has 1 aromatic carbocycles. The number of likely N-dealkylation sites (N-methyl/N-ethyl adjacent to an activating group) is 1. The molecule has 2 aliphatic rings. The number of rotatable bonds is 6. The molecule has 11 nitrogen and oxygen atoms in total. The third-order valence-corrected chi connectivity index (χ3v) is 6.54. The zero-order chi connectivity index (χ0) is 26.8. The third-order valence-electron chi connectivity index (χ3n) is 5.61. The second kappa shape index (κ2) is 10.2. The lowest BCUT2D eigenvalue weighted by Gasteiger charge is -2.28. The molecule has 3 N–H and O–H groups in total. The van der Waals surface area contributed by atoms with Crippen LogP contribution in [-0.4, -0.2) is 70.4 Å². The number of nitrogens with one attached hydrogen (secondary N) is 2. The van der Waals surface area contributed by atoms with Crippen molar-refractivity contribution >= 4 is 27.8 Å². The largest absolute Gasteiger partial charge is 0.509 e. The van der Waals surface area contributed by atoms with Gasteiger partial charge in [0.2, 0.25) is 0 Å². The van der Waals surface area contributed by atoms with Crippen molar-refractivity contribution in [3.05, 3.63) is 47.2 Å². The number of amides is 1. The summed E-state index contributed by atoms with van der Waals surface area (Å²) in [5.41, 5.74) is 0.410. The van der Waals surface area contributed by atoms with E-state index in [9.17, 15) is 18.3 Å². The van der Waals surface area contributed by atoms with Crippen molar-refractivity contribution in [2.75, 3.05) is 28.3 Å². The highest BCUT2D eigenvalue weighted by molar-refractivity contribution is 7.89. The fraction of sp³-hybridized carbons (Fsp3) is 0.458. The van der Waals surface area contributed by atoms with Gasteiger partial charge in [-0.3, -0.25) is 14.8 Å². The molecule has 0 spiro atoms. The predicted octanol–water partition coefficient (Wildman–Crippen LogP) is 2.25. The number of benzene rings is 1. The molecular formula is C24H33N5O6S. The SMILES string of the molecule is COc1cc(OC)cc(C(N=C2NS(=O)(=O)NC2=NC2CC=CC(C(=O)N(C)C)=C2O)C(C)(C)C)c1. The van der Waals surface area contributed by atoms with E-state index in [1.54, 1.807) is 40.5 Å². The quantitative estimate of drug-likeness (QED) is 0.526. The van der Waals surface area contributed by atoms with E-state index in [1.807, 2.05) is 32.9 Å². The van der Waals surface area contributed by atoms with Crippen molar-refractivity contribution < 1.29 is 27.8 Å². The first-order valence-corrected chi connectivity index (χ1v) is 12.7. The number of carbonyl (C=O) groups excluding carboxylic acids is 1. The summed E-state index contributed by atoms with van der Waals surface area (Å²) in [6.07, 6.45) is 3.52. The summed E-state index contributed by atoms with van der Waals surface area (Å²) in [6.45, 7) is 5.92. The summed E-state index contributed by atoms with van der Waals surface area (Å²) < 4.78 is 40.4. The van der Waals surface area contributed by atoms with Gasteiger partial charge in [-0.25, -0.2) is 9.44 Å². The topological polar surface area (TPSA) is 142 Å². The molecule has 1 aliphatic heterocycles. The maximum absolute atomic E-state index is 12.4. The summed E-state index contributed by atoms with van der Waals surface area (Å²) >= 11 is 0. The van der Waals surface area contributed by atoms with Gasteiger partial charge in [0.15, 0.2) is 11.7 Å². The van der Waals surface area contributed by atoms with Crippen LogP contribution in [0.4, 0.5) is 0 Å². The molecule has 1 heterocycles. The molecule has 2 unspecified atom stereocenters. The average molecular weight is 520 g/mol. The first-order valence-electron chi connectivity index (χ1n) is 11.3. The van der Waals surface area contributed by atoms with Gasteiger partial charge < -0.3 is 19.5 Å². The molecule has 0 saturated carbocycles. The molecule has 2 atom stereocenters. The number of carbonyl (C=O) groups is 1. The van der Waals surface area contributed by atoms with E-state index in [0.29, 0.717) is 11.5 Å². The Morgan fingerprint density at radius 3 is 2.22 bits per heavy atom. The highest BCUT2D eigenvalue weighted by atomic mass is 32.2. The van der Waals surface area contributed by atoms with E-state index < -0.39 is 27.7 Å². The van der Waals surface area contributed by atoms with Gasteiger partial charge in [-0.15, -0.1) is 0 Å². The van der Waals surface area contributed by atoms with Crippen LogP contribution in [0.3, 0.4) is 0 Å². The number of nitrogens with zero attached hydrogens (tertiary/aromatic N) is 3. The lowest BCUT2D eigenvalue weighted by molar-refractivity contribution is -0.124. The molecule has 0 radical (unpaired) electrons. The van der Waals surface area contributed by atoms with Gasteiger partial charge in [0.25, 0.3) is 5.91 Å². The second-order valence-electron chi connectivity index (χ2n) is 9.73. The van der Waals surface area contributed by atoms with Gasteiger partial charge in [0.05, 0.1) is 25.8 Å². The minimum Gasteiger partial charge on any atom is -0.509 e. The zero-order valence-corrected chi connectivity index (χ0v) is 22.3. The van der Waals surface area contributed by atoms with Crippen molar-refractivity contribution in [1.82, 2.24) is 14.3 Å². The Labute approximate surface area is 211 Å². The maximum atomic E-state index is 12.4. The Morgan fingerprint density at radius 2 is 1.69 bits per heavy atom. The molecule has 12 heteroatoms. The van der Waals surface area contributed by atoms with Gasteiger partial charge >= 0.3 is 10.2 Å². The van der Waals surface area contributed by atoms with E-state index in [2.05, 4.69) is 14.4 Å². The van der Waals surface area contributed by atoms with Crippen LogP contribution in [0.25, 0.3) is 0 Å². The van der Waals surface area contributed by atoms with Crippen molar-refractivity contribution in [2.45, 2.75) is 39.3 Å². The molecule has 1 aromatic rings. The normalized spacial score (nSPS) is 22.2. The first-order chi connectivity index (χ1) is 16.8. The molecule has 3 rings (SSSR count). The minimum absolute atomic E-state index is 0.000416. The highest BCUT2D eigenvalue weighted by Gasteiger charge is 2.35. The van der Waals surface area contributed by atoms with E-state index in [-0.39, 0.29) is 35.3 Å². The number of aliphatic hydroxyl groups is 1. The van der Waals surface area contributed by atoms with E-state index in [4.69, 9.17) is 14.5 Å². The van der Waals surface area contributed by atoms with Gasteiger partial charge in [-0.05, 0) is 35.6 Å². The molecule has 1 amide bonds. The Morgan fingerprint density at radius 1 is 1.11 bits per heavy atom. The highest BCUT2D eigenvalue weighted by Crippen LogP contribution is 2.39. The summed E-state index contributed by atoms with van der Waals surface area (Å²) in [4.78, 5) is 22.9. The fourth-order valence-corrected chi connectivity index (χ4v) is 4.68. The molecule has 1 fully saturated rings. The average Bonchev–Trinajstić information content (AvgIpc) is 3.09. The Kier molecular flexibility index (Phi) is 7.68. The molecular weight excluding hydrogens is 486 g/mol. The lowest BCUT2D eigenvalue weighted by Crippen LogP contribution is -2.30. The summed E-state index contributed by atoms with van der Waals surface area (Å²) in [5, 5.41) is 10.7. The summed E-state index contributed by atoms with van der Waals surface area (Å²) in [5.74, 6) is 0.466. The molecule has 1 saturated heterocycles. The second-order valence-corrected chi connectivity index (χ2v) is 11.1. The smallest absolute Gasteiger partial charge is 0.324 e. The fourth-order valence-electron chi connectivity index (χ4n) is 3.82. The van der Waals surface area contributed by atoms with Crippen LogP contribution in [0.5, 0.6) is 11.5 Å². The van der Waals surface area contributed by atoms with E-state index in [1.165, 1.54) is 11.0 Å². The predicted molar refractivity (Wildman–Crippen MR) is 138 cm³/mol. The van der Waals surface area contributed by atoms with E-state index in [0.717, 1.165) is 5.56 Å². The van der Waals surface area contributed by atoms with Crippen molar-refractivity contribution in [3.63, 3.8) is 0 Å². The number of methoxy groups -OCH3 is 2. The molecule has 1 aliphatic carbocycles. The maximum Gasteiger partial charge on any atom is 0.324 e. The van der Waals surface area contributed by atoms with Crippen LogP contribution in [0.2, 0.25) is 0 Å². The van der Waals surface area contributed by atoms with Crippen LogP contribution in [0.1, 0.15) is 38.8 Å². The number of aliphatic hydroxyl groups excluding tert-OH is 1. The Hall–Kier alpha value is -3.54. The van der Waals surface area contributed by atoms with Crippen LogP contribution in [-0.2, 0) is 15.0 Å². The lowest BCUT2D eigenvalue weighted by atomic mass is 9.82. The van der Waals surface area contributed by atoms with Crippen LogP contribution >= 0.6 is 0 Å². The Bertz CT molecular complexity index is 1240. The number of amidine groups is 2. The molecule has 36 heavy (non-hydrogen) atoms.